The molecule has 0 N–H and O–H groups in total. The maximum Gasteiger partial charge on any atom is 0.320 e. The molecule has 0 aliphatic rings. The van der Waals surface area contributed by atoms with Crippen molar-refractivity contribution in [1.82, 2.24) is 0 Å². The van der Waals surface area contributed by atoms with Gasteiger partial charge in [-0.1, -0.05) is 34.1 Å². The minimum Gasteiger partial charge on any atom is -0.465 e. The van der Waals surface area contributed by atoms with Crippen LogP contribution in [0, 0.1) is 13.8 Å². The second kappa shape index (κ2) is 6.04. The minimum atomic E-state index is -0.257. The molecule has 3 heteroatoms. The highest BCUT2D eigenvalue weighted by Crippen LogP contribution is 2.18. The van der Waals surface area contributed by atoms with Gasteiger partial charge in [0.25, 0.3) is 0 Å². The van der Waals surface area contributed by atoms with E-state index in [2.05, 4.69) is 41.9 Å². The first-order chi connectivity index (χ1) is 7.56. The lowest BCUT2D eigenvalue weighted by atomic mass is 10.00. The Hall–Kier alpha value is -0.830. The molecule has 0 saturated heterocycles. The molecule has 0 aliphatic heterocycles. The van der Waals surface area contributed by atoms with Crippen LogP contribution < -0.4 is 0 Å². The number of esters is 1. The van der Waals surface area contributed by atoms with Crippen LogP contribution in [0.25, 0.3) is 0 Å². The van der Waals surface area contributed by atoms with Crippen molar-refractivity contribution in [2.75, 3.05) is 6.61 Å². The molecule has 0 spiro atoms. The number of aryl methyl sites for hydroxylation is 1. The molecule has 1 rings (SSSR count). The fourth-order valence-corrected chi connectivity index (χ4v) is 2.02. The van der Waals surface area contributed by atoms with E-state index in [4.69, 9.17) is 4.74 Å². The fourth-order valence-electron chi connectivity index (χ4n) is 1.54. The standard InChI is InChI=1S/C13H17BrO2/c1-4-16-13(15)12(14)8-11-7-5-6-9(2)10(11)3/h5-7,12H,4,8H2,1-3H3. The lowest BCUT2D eigenvalue weighted by Crippen LogP contribution is -2.20. The molecule has 0 amide bonds. The molecule has 0 aromatic heterocycles. The molecule has 88 valence electrons. The monoisotopic (exact) mass is 284 g/mol. The molecule has 2 nitrogen and oxygen atoms in total. The van der Waals surface area contributed by atoms with Gasteiger partial charge in [-0.3, -0.25) is 4.79 Å². The summed E-state index contributed by atoms with van der Waals surface area (Å²) in [6.45, 7) is 6.39. The van der Waals surface area contributed by atoms with Gasteiger partial charge in [0.2, 0.25) is 0 Å². The smallest absolute Gasteiger partial charge is 0.320 e. The van der Waals surface area contributed by atoms with Crippen LogP contribution >= 0.6 is 15.9 Å². The van der Waals surface area contributed by atoms with Crippen molar-refractivity contribution in [3.63, 3.8) is 0 Å². The predicted molar refractivity (Wildman–Crippen MR) is 69.0 cm³/mol. The zero-order chi connectivity index (χ0) is 12.1. The number of hydrogen-bond acceptors (Lipinski definition) is 2. The summed E-state index contributed by atoms with van der Waals surface area (Å²) in [6.07, 6.45) is 0.673. The third kappa shape index (κ3) is 3.34. The summed E-state index contributed by atoms with van der Waals surface area (Å²) < 4.78 is 4.96. The summed E-state index contributed by atoms with van der Waals surface area (Å²) in [5.74, 6) is -0.191. The molecule has 0 fully saturated rings. The zero-order valence-corrected chi connectivity index (χ0v) is 11.5. The van der Waals surface area contributed by atoms with E-state index in [9.17, 15) is 4.79 Å². The average molecular weight is 285 g/mol. The Morgan fingerprint density at radius 1 is 1.44 bits per heavy atom. The summed E-state index contributed by atoms with van der Waals surface area (Å²) in [5, 5.41) is 0. The van der Waals surface area contributed by atoms with Gasteiger partial charge in [0.05, 0.1) is 6.61 Å². The van der Waals surface area contributed by atoms with Gasteiger partial charge < -0.3 is 4.74 Å². The minimum absolute atomic E-state index is 0.191. The maximum atomic E-state index is 11.5. The molecule has 1 unspecified atom stereocenters. The zero-order valence-electron chi connectivity index (χ0n) is 9.92. The molecule has 1 aromatic carbocycles. The molecule has 0 saturated carbocycles. The van der Waals surface area contributed by atoms with Gasteiger partial charge in [-0.25, -0.2) is 0 Å². The van der Waals surface area contributed by atoms with E-state index in [1.807, 2.05) is 13.0 Å². The van der Waals surface area contributed by atoms with Gasteiger partial charge in [0, 0.05) is 0 Å². The topological polar surface area (TPSA) is 26.3 Å². The van der Waals surface area contributed by atoms with Crippen molar-refractivity contribution in [2.45, 2.75) is 32.0 Å². The quantitative estimate of drug-likeness (QED) is 0.627. The van der Waals surface area contributed by atoms with Crippen LogP contribution in [0.3, 0.4) is 0 Å². The molecule has 0 bridgehead atoms. The number of hydrogen-bond donors (Lipinski definition) is 0. The lowest BCUT2D eigenvalue weighted by Gasteiger charge is -2.12. The normalized spacial score (nSPS) is 12.2. The first kappa shape index (κ1) is 13.2. The van der Waals surface area contributed by atoms with Crippen molar-refractivity contribution in [1.29, 1.82) is 0 Å². The van der Waals surface area contributed by atoms with Crippen LogP contribution in [0.1, 0.15) is 23.6 Å². The first-order valence-electron chi connectivity index (χ1n) is 5.42. The van der Waals surface area contributed by atoms with Crippen LogP contribution in [0.5, 0.6) is 0 Å². The molecular weight excluding hydrogens is 268 g/mol. The second-order valence-corrected chi connectivity index (χ2v) is 4.89. The number of ether oxygens (including phenoxy) is 1. The first-order valence-corrected chi connectivity index (χ1v) is 6.33. The number of benzene rings is 1. The Labute approximate surface area is 105 Å². The molecule has 0 radical (unpaired) electrons. The Balaban J connectivity index is 2.73. The van der Waals surface area contributed by atoms with Gasteiger partial charge in [0.15, 0.2) is 0 Å². The molecular formula is C13H17BrO2. The third-order valence-electron chi connectivity index (χ3n) is 2.66. The maximum absolute atomic E-state index is 11.5. The van der Waals surface area contributed by atoms with E-state index in [1.165, 1.54) is 16.7 Å². The summed E-state index contributed by atoms with van der Waals surface area (Å²) in [4.78, 5) is 11.2. The number of carbonyl (C=O) groups excluding carboxylic acids is 1. The van der Waals surface area contributed by atoms with E-state index in [0.717, 1.165) is 0 Å². The molecule has 0 heterocycles. The van der Waals surface area contributed by atoms with Gasteiger partial charge in [-0.15, -0.1) is 0 Å². The van der Waals surface area contributed by atoms with E-state index >= 15 is 0 Å². The van der Waals surface area contributed by atoms with Crippen molar-refractivity contribution >= 4 is 21.9 Å². The number of alkyl halides is 1. The van der Waals surface area contributed by atoms with Gasteiger partial charge in [0.1, 0.15) is 4.83 Å². The second-order valence-electron chi connectivity index (χ2n) is 3.78. The third-order valence-corrected chi connectivity index (χ3v) is 3.36. The van der Waals surface area contributed by atoms with Crippen LogP contribution in [-0.4, -0.2) is 17.4 Å². The summed E-state index contributed by atoms with van der Waals surface area (Å²) in [6, 6.07) is 6.14. The van der Waals surface area contributed by atoms with Gasteiger partial charge >= 0.3 is 5.97 Å². The summed E-state index contributed by atoms with van der Waals surface area (Å²) in [7, 11) is 0. The van der Waals surface area contributed by atoms with E-state index in [-0.39, 0.29) is 10.8 Å². The van der Waals surface area contributed by atoms with Gasteiger partial charge in [-0.05, 0) is 43.9 Å². The van der Waals surface area contributed by atoms with E-state index < -0.39 is 0 Å². The number of rotatable bonds is 4. The fraction of sp³-hybridized carbons (Fsp3) is 0.462. The van der Waals surface area contributed by atoms with Crippen LogP contribution in [0.4, 0.5) is 0 Å². The van der Waals surface area contributed by atoms with Crippen molar-refractivity contribution < 1.29 is 9.53 Å². The number of carbonyl (C=O) groups is 1. The highest BCUT2D eigenvalue weighted by Gasteiger charge is 2.17. The van der Waals surface area contributed by atoms with E-state index in [1.54, 1.807) is 0 Å². The Kier molecular flexibility index (Phi) is 5.00. The lowest BCUT2D eigenvalue weighted by molar-refractivity contribution is -0.142. The Morgan fingerprint density at radius 3 is 2.75 bits per heavy atom. The van der Waals surface area contributed by atoms with Crippen LogP contribution in [0.2, 0.25) is 0 Å². The van der Waals surface area contributed by atoms with Crippen LogP contribution in [-0.2, 0) is 16.0 Å². The average Bonchev–Trinajstić information content (AvgIpc) is 2.25. The highest BCUT2D eigenvalue weighted by molar-refractivity contribution is 9.10. The number of halogens is 1. The molecule has 1 aromatic rings. The van der Waals surface area contributed by atoms with Crippen molar-refractivity contribution in [3.8, 4) is 0 Å². The Bertz CT molecular complexity index is 374. The molecule has 0 aliphatic carbocycles. The molecule has 16 heavy (non-hydrogen) atoms. The highest BCUT2D eigenvalue weighted by atomic mass is 79.9. The summed E-state index contributed by atoms with van der Waals surface area (Å²) >= 11 is 3.37. The largest absolute Gasteiger partial charge is 0.465 e. The van der Waals surface area contributed by atoms with Gasteiger partial charge in [-0.2, -0.15) is 0 Å². The van der Waals surface area contributed by atoms with E-state index in [0.29, 0.717) is 13.0 Å². The van der Waals surface area contributed by atoms with Crippen molar-refractivity contribution in [2.24, 2.45) is 0 Å². The molecule has 1 atom stereocenters. The predicted octanol–water partition coefficient (Wildman–Crippen LogP) is 3.17. The SMILES string of the molecule is CCOC(=O)C(Br)Cc1cccc(C)c1C. The van der Waals surface area contributed by atoms with Crippen molar-refractivity contribution in [3.05, 3.63) is 34.9 Å². The van der Waals surface area contributed by atoms with Crippen LogP contribution in [0.15, 0.2) is 18.2 Å². The Morgan fingerprint density at radius 2 is 2.12 bits per heavy atom. The summed E-state index contributed by atoms with van der Waals surface area (Å²) in [5.41, 5.74) is 3.69.